The Morgan fingerprint density at radius 3 is 2.47 bits per heavy atom. The van der Waals surface area contributed by atoms with Gasteiger partial charge in [0.1, 0.15) is 5.75 Å². The highest BCUT2D eigenvalue weighted by molar-refractivity contribution is 5.86. The van der Waals surface area contributed by atoms with Gasteiger partial charge in [-0.3, -0.25) is 9.59 Å². The zero-order valence-electron chi connectivity index (χ0n) is 18.4. The van der Waals surface area contributed by atoms with Crippen LogP contribution in [0, 0.1) is 5.41 Å². The summed E-state index contributed by atoms with van der Waals surface area (Å²) in [4.78, 5) is 27.2. The van der Waals surface area contributed by atoms with Gasteiger partial charge in [0, 0.05) is 31.1 Å². The van der Waals surface area contributed by atoms with Crippen molar-refractivity contribution in [3.8, 4) is 16.9 Å². The number of benzene rings is 2. The van der Waals surface area contributed by atoms with E-state index in [9.17, 15) is 9.59 Å². The van der Waals surface area contributed by atoms with E-state index in [1.54, 1.807) is 7.11 Å². The van der Waals surface area contributed by atoms with Crippen molar-refractivity contribution >= 4 is 11.8 Å². The Bertz CT molecular complexity index is 892. The third-order valence-corrected chi connectivity index (χ3v) is 5.82. The molecule has 1 aliphatic rings. The summed E-state index contributed by atoms with van der Waals surface area (Å²) in [5.41, 5.74) is 2.63. The molecule has 1 atom stereocenters. The molecule has 1 N–H and O–H groups in total. The molecule has 2 aromatic carbocycles. The van der Waals surface area contributed by atoms with Crippen LogP contribution in [0.2, 0.25) is 0 Å². The van der Waals surface area contributed by atoms with Crippen LogP contribution >= 0.6 is 0 Å². The summed E-state index contributed by atoms with van der Waals surface area (Å²) in [5, 5.41) is 3.08. The number of rotatable bonds is 7. The lowest BCUT2D eigenvalue weighted by molar-refractivity contribution is -0.133. The van der Waals surface area contributed by atoms with Crippen molar-refractivity contribution in [2.75, 3.05) is 20.2 Å². The van der Waals surface area contributed by atoms with E-state index in [1.165, 1.54) is 0 Å². The van der Waals surface area contributed by atoms with Gasteiger partial charge in [-0.15, -0.1) is 0 Å². The number of carbonyl (C=O) groups is 2. The maximum absolute atomic E-state index is 13.1. The molecule has 0 aliphatic carbocycles. The lowest BCUT2D eigenvalue weighted by Crippen LogP contribution is -2.47. The standard InChI is InChI=1S/C25H32N2O3/c1-5-23(28)27-15-14-25(17-27,24(29)26-18(2)3)16-19-10-12-20(13-11-19)21-8-6-7-9-22(21)30-4/h6-13,18H,5,14-17H2,1-4H3,(H,26,29)/t25-/m0/s1. The van der Waals surface area contributed by atoms with Gasteiger partial charge < -0.3 is 15.0 Å². The first-order valence-electron chi connectivity index (χ1n) is 10.7. The molecule has 2 aromatic rings. The second-order valence-corrected chi connectivity index (χ2v) is 8.40. The number of likely N-dealkylation sites (tertiary alicyclic amines) is 1. The average molecular weight is 409 g/mol. The van der Waals surface area contributed by atoms with Crippen molar-refractivity contribution in [2.45, 2.75) is 46.1 Å². The van der Waals surface area contributed by atoms with Gasteiger partial charge in [0.25, 0.3) is 0 Å². The Hall–Kier alpha value is -2.82. The number of methoxy groups -OCH3 is 1. The fourth-order valence-corrected chi connectivity index (χ4v) is 4.21. The lowest BCUT2D eigenvalue weighted by Gasteiger charge is -2.29. The van der Waals surface area contributed by atoms with Crippen LogP contribution in [-0.2, 0) is 16.0 Å². The number of carbonyl (C=O) groups excluding carboxylic acids is 2. The van der Waals surface area contributed by atoms with Crippen LogP contribution in [-0.4, -0.2) is 43.0 Å². The minimum absolute atomic E-state index is 0.0395. The molecule has 0 bridgehead atoms. The third kappa shape index (κ3) is 4.66. The highest BCUT2D eigenvalue weighted by atomic mass is 16.5. The van der Waals surface area contributed by atoms with Crippen molar-refractivity contribution in [2.24, 2.45) is 5.41 Å². The SMILES string of the molecule is CCC(=O)N1CC[C@@](Cc2ccc(-c3ccccc3OC)cc2)(C(=O)NC(C)C)C1. The van der Waals surface area contributed by atoms with Gasteiger partial charge in [0.2, 0.25) is 11.8 Å². The van der Waals surface area contributed by atoms with Crippen LogP contribution in [0.4, 0.5) is 0 Å². The molecule has 0 aromatic heterocycles. The van der Waals surface area contributed by atoms with Gasteiger partial charge >= 0.3 is 0 Å². The molecular weight excluding hydrogens is 376 g/mol. The molecule has 30 heavy (non-hydrogen) atoms. The second kappa shape index (κ2) is 9.33. The number of nitrogens with one attached hydrogen (secondary N) is 1. The van der Waals surface area contributed by atoms with Crippen LogP contribution < -0.4 is 10.1 Å². The predicted octanol–water partition coefficient (Wildman–Crippen LogP) is 4.06. The van der Waals surface area contributed by atoms with E-state index in [0.717, 1.165) is 22.4 Å². The molecule has 0 radical (unpaired) electrons. The molecule has 1 heterocycles. The molecule has 1 saturated heterocycles. The van der Waals surface area contributed by atoms with E-state index in [1.807, 2.05) is 49.9 Å². The maximum Gasteiger partial charge on any atom is 0.228 e. The third-order valence-electron chi connectivity index (χ3n) is 5.82. The summed E-state index contributed by atoms with van der Waals surface area (Å²) >= 11 is 0. The molecular formula is C25H32N2O3. The summed E-state index contributed by atoms with van der Waals surface area (Å²) in [7, 11) is 1.67. The first-order valence-corrected chi connectivity index (χ1v) is 10.7. The number of ether oxygens (including phenoxy) is 1. The van der Waals surface area contributed by atoms with E-state index < -0.39 is 5.41 Å². The van der Waals surface area contributed by atoms with E-state index in [-0.39, 0.29) is 17.9 Å². The average Bonchev–Trinajstić information content (AvgIpc) is 3.18. The lowest BCUT2D eigenvalue weighted by atomic mass is 9.79. The monoisotopic (exact) mass is 408 g/mol. The molecule has 0 spiro atoms. The van der Waals surface area contributed by atoms with Gasteiger partial charge in [-0.1, -0.05) is 49.4 Å². The van der Waals surface area contributed by atoms with Gasteiger partial charge in [0.15, 0.2) is 0 Å². The zero-order valence-corrected chi connectivity index (χ0v) is 18.4. The topological polar surface area (TPSA) is 58.6 Å². The Kier molecular flexibility index (Phi) is 6.80. The summed E-state index contributed by atoms with van der Waals surface area (Å²) in [5.74, 6) is 0.987. The first kappa shape index (κ1) is 21.9. The molecule has 1 fully saturated rings. The molecule has 2 amide bonds. The highest BCUT2D eigenvalue weighted by Crippen LogP contribution is 2.36. The predicted molar refractivity (Wildman–Crippen MR) is 119 cm³/mol. The van der Waals surface area contributed by atoms with Crippen LogP contribution in [0.5, 0.6) is 5.75 Å². The Morgan fingerprint density at radius 1 is 1.13 bits per heavy atom. The van der Waals surface area contributed by atoms with E-state index in [0.29, 0.717) is 32.4 Å². The molecule has 160 valence electrons. The largest absolute Gasteiger partial charge is 0.496 e. The summed E-state index contributed by atoms with van der Waals surface area (Å²) in [6, 6.07) is 16.3. The maximum atomic E-state index is 13.1. The highest BCUT2D eigenvalue weighted by Gasteiger charge is 2.45. The van der Waals surface area contributed by atoms with Crippen LogP contribution in [0.25, 0.3) is 11.1 Å². The fourth-order valence-electron chi connectivity index (χ4n) is 4.21. The second-order valence-electron chi connectivity index (χ2n) is 8.40. The molecule has 5 nitrogen and oxygen atoms in total. The van der Waals surface area contributed by atoms with Crippen LogP contribution in [0.3, 0.4) is 0 Å². The van der Waals surface area contributed by atoms with Gasteiger partial charge in [-0.05, 0) is 43.9 Å². The normalized spacial score (nSPS) is 18.5. The Labute approximate surface area is 179 Å². The summed E-state index contributed by atoms with van der Waals surface area (Å²) in [6.07, 6.45) is 1.77. The minimum atomic E-state index is -0.582. The van der Waals surface area contributed by atoms with Crippen molar-refractivity contribution < 1.29 is 14.3 Å². The number of para-hydroxylation sites is 1. The van der Waals surface area contributed by atoms with E-state index in [4.69, 9.17) is 4.74 Å². The minimum Gasteiger partial charge on any atom is -0.496 e. The van der Waals surface area contributed by atoms with Crippen molar-refractivity contribution in [3.63, 3.8) is 0 Å². The molecule has 0 saturated carbocycles. The Morgan fingerprint density at radius 2 is 1.83 bits per heavy atom. The van der Waals surface area contributed by atoms with Gasteiger partial charge in [-0.2, -0.15) is 0 Å². The summed E-state index contributed by atoms with van der Waals surface area (Å²) < 4.78 is 5.48. The first-order chi connectivity index (χ1) is 14.4. The smallest absolute Gasteiger partial charge is 0.228 e. The zero-order chi connectivity index (χ0) is 21.7. The van der Waals surface area contributed by atoms with Crippen molar-refractivity contribution in [3.05, 3.63) is 54.1 Å². The van der Waals surface area contributed by atoms with E-state index >= 15 is 0 Å². The van der Waals surface area contributed by atoms with Gasteiger partial charge in [-0.25, -0.2) is 0 Å². The number of nitrogens with zero attached hydrogens (tertiary/aromatic N) is 1. The number of amides is 2. The molecule has 3 rings (SSSR count). The molecule has 1 aliphatic heterocycles. The van der Waals surface area contributed by atoms with E-state index in [2.05, 4.69) is 29.6 Å². The Balaban J connectivity index is 1.84. The number of hydrogen-bond acceptors (Lipinski definition) is 3. The number of hydrogen-bond donors (Lipinski definition) is 1. The summed E-state index contributed by atoms with van der Waals surface area (Å²) in [6.45, 7) is 6.92. The van der Waals surface area contributed by atoms with Crippen molar-refractivity contribution in [1.82, 2.24) is 10.2 Å². The fraction of sp³-hybridized carbons (Fsp3) is 0.440. The molecule has 5 heteroatoms. The van der Waals surface area contributed by atoms with Crippen LogP contribution in [0.1, 0.15) is 39.2 Å². The quantitative estimate of drug-likeness (QED) is 0.752. The van der Waals surface area contributed by atoms with Crippen molar-refractivity contribution in [1.29, 1.82) is 0 Å². The van der Waals surface area contributed by atoms with Gasteiger partial charge in [0.05, 0.1) is 12.5 Å². The van der Waals surface area contributed by atoms with Crippen LogP contribution in [0.15, 0.2) is 48.5 Å². The molecule has 0 unspecified atom stereocenters.